The first-order chi connectivity index (χ1) is 17.7. The minimum Gasteiger partial charge on any atom is -0.496 e. The van der Waals surface area contributed by atoms with E-state index >= 15 is 0 Å². The number of ketones is 1. The molecule has 0 aromatic heterocycles. The third-order valence-corrected chi connectivity index (χ3v) is 7.90. The molecule has 0 spiro atoms. The van der Waals surface area contributed by atoms with Crippen molar-refractivity contribution in [1.29, 1.82) is 0 Å². The summed E-state index contributed by atoms with van der Waals surface area (Å²) in [7, 11) is 1.65. The summed E-state index contributed by atoms with van der Waals surface area (Å²) in [5, 5.41) is 6.96. The van der Waals surface area contributed by atoms with E-state index in [1.54, 1.807) is 7.11 Å². The van der Waals surface area contributed by atoms with Crippen LogP contribution in [0.2, 0.25) is 0 Å². The lowest BCUT2D eigenvalue weighted by Crippen LogP contribution is -2.29. The van der Waals surface area contributed by atoms with Crippen LogP contribution in [0.4, 0.5) is 0 Å². The van der Waals surface area contributed by atoms with Crippen molar-refractivity contribution in [1.82, 2.24) is 10.6 Å². The van der Waals surface area contributed by atoms with Gasteiger partial charge in [-0.2, -0.15) is 0 Å². The third-order valence-electron chi connectivity index (χ3n) is 7.90. The van der Waals surface area contributed by atoms with Gasteiger partial charge in [0.25, 0.3) is 0 Å². The molecule has 0 saturated carbocycles. The predicted molar refractivity (Wildman–Crippen MR) is 143 cm³/mol. The highest BCUT2D eigenvalue weighted by molar-refractivity contribution is 6.23. The summed E-state index contributed by atoms with van der Waals surface area (Å²) >= 11 is 0. The highest BCUT2D eigenvalue weighted by Gasteiger charge is 2.33. The van der Waals surface area contributed by atoms with Crippen LogP contribution in [-0.2, 0) is 0 Å². The molecule has 2 aromatic carbocycles. The number of carbonyl (C=O) groups excluding carboxylic acids is 1. The first kappa shape index (κ1) is 25.1. The molecule has 0 radical (unpaired) electrons. The maximum Gasteiger partial charge on any atom is 0.194 e. The average Bonchev–Trinajstić information content (AvgIpc) is 3.22. The fourth-order valence-corrected chi connectivity index (χ4v) is 5.97. The molecule has 2 aliphatic heterocycles. The van der Waals surface area contributed by atoms with E-state index in [4.69, 9.17) is 14.2 Å². The normalized spacial score (nSPS) is 21.1. The van der Waals surface area contributed by atoms with Crippen LogP contribution >= 0.6 is 0 Å². The van der Waals surface area contributed by atoms with Gasteiger partial charge in [0.15, 0.2) is 5.78 Å². The Balaban J connectivity index is 1.25. The summed E-state index contributed by atoms with van der Waals surface area (Å²) in [6, 6.07) is 9.55. The second-order valence-electron chi connectivity index (χ2n) is 10.5. The van der Waals surface area contributed by atoms with E-state index in [1.807, 2.05) is 30.3 Å². The molecule has 5 rings (SSSR count). The fourth-order valence-electron chi connectivity index (χ4n) is 5.97. The van der Waals surface area contributed by atoms with Crippen molar-refractivity contribution < 1.29 is 19.0 Å². The SMILES string of the molecule is COc1cc(OCCCC2CCCNC2)cc2c1-c1c(OCCCC3CCCNC3)cccc1C2=O. The minimum absolute atomic E-state index is 0.00996. The number of nitrogens with one attached hydrogen (secondary N) is 2. The molecule has 2 atom stereocenters. The van der Waals surface area contributed by atoms with E-state index in [9.17, 15) is 4.79 Å². The van der Waals surface area contributed by atoms with Gasteiger partial charge in [-0.1, -0.05) is 12.1 Å². The van der Waals surface area contributed by atoms with E-state index in [0.717, 1.165) is 74.2 Å². The second kappa shape index (κ2) is 12.1. The van der Waals surface area contributed by atoms with Crippen molar-refractivity contribution in [3.05, 3.63) is 41.5 Å². The van der Waals surface area contributed by atoms with Gasteiger partial charge in [0.1, 0.15) is 17.2 Å². The Morgan fingerprint density at radius 2 is 1.50 bits per heavy atom. The maximum atomic E-state index is 13.4. The zero-order valence-corrected chi connectivity index (χ0v) is 21.6. The highest BCUT2D eigenvalue weighted by atomic mass is 16.5. The van der Waals surface area contributed by atoms with Gasteiger partial charge >= 0.3 is 0 Å². The number of rotatable bonds is 11. The zero-order valence-electron chi connectivity index (χ0n) is 21.6. The van der Waals surface area contributed by atoms with Crippen LogP contribution < -0.4 is 24.8 Å². The van der Waals surface area contributed by atoms with Crippen LogP contribution in [0, 0.1) is 11.8 Å². The molecule has 2 saturated heterocycles. The molecule has 0 amide bonds. The van der Waals surface area contributed by atoms with Crippen LogP contribution in [0.15, 0.2) is 30.3 Å². The van der Waals surface area contributed by atoms with Gasteiger partial charge in [-0.05, 0) is 102 Å². The van der Waals surface area contributed by atoms with Crippen molar-refractivity contribution in [2.45, 2.75) is 51.4 Å². The second-order valence-corrected chi connectivity index (χ2v) is 10.5. The maximum absolute atomic E-state index is 13.4. The molecule has 194 valence electrons. The molecular formula is C30H40N2O4. The Kier molecular flexibility index (Phi) is 8.44. The van der Waals surface area contributed by atoms with Gasteiger partial charge in [-0.15, -0.1) is 0 Å². The topological polar surface area (TPSA) is 68.8 Å². The summed E-state index contributed by atoms with van der Waals surface area (Å²) < 4.78 is 18.1. The van der Waals surface area contributed by atoms with Crippen molar-refractivity contribution in [3.8, 4) is 28.4 Å². The van der Waals surface area contributed by atoms with Gasteiger partial charge in [-0.25, -0.2) is 0 Å². The van der Waals surface area contributed by atoms with Gasteiger partial charge < -0.3 is 24.8 Å². The Bertz CT molecular complexity index is 1040. The van der Waals surface area contributed by atoms with Gasteiger partial charge in [0, 0.05) is 28.3 Å². The molecular weight excluding hydrogens is 452 g/mol. The summed E-state index contributed by atoms with van der Waals surface area (Å²) in [6.45, 7) is 5.80. The van der Waals surface area contributed by atoms with Crippen molar-refractivity contribution in [2.75, 3.05) is 46.5 Å². The summed E-state index contributed by atoms with van der Waals surface area (Å²) in [5.74, 6) is 3.60. The number of fused-ring (bicyclic) bond motifs is 3. The minimum atomic E-state index is 0.00996. The molecule has 1 aliphatic carbocycles. The Hall–Kier alpha value is -2.57. The lowest BCUT2D eigenvalue weighted by molar-refractivity contribution is 0.104. The number of hydrogen-bond donors (Lipinski definition) is 2. The number of hydrogen-bond acceptors (Lipinski definition) is 6. The number of benzene rings is 2. The number of methoxy groups -OCH3 is 1. The molecule has 6 nitrogen and oxygen atoms in total. The van der Waals surface area contributed by atoms with Crippen LogP contribution in [0.25, 0.3) is 11.1 Å². The standard InChI is InChI=1S/C30H40N2O4/c1-34-27-18-23(35-15-5-9-21-7-3-13-31-19-21)17-25-29(27)28-24(30(25)33)11-2-12-26(28)36-16-6-10-22-8-4-14-32-20-22/h2,11-12,17-18,21-22,31-32H,3-10,13-16,19-20H2,1H3. The average molecular weight is 493 g/mol. The lowest BCUT2D eigenvalue weighted by atomic mass is 9.95. The molecule has 36 heavy (non-hydrogen) atoms. The quantitative estimate of drug-likeness (QED) is 0.358. The Morgan fingerprint density at radius 3 is 2.14 bits per heavy atom. The van der Waals surface area contributed by atoms with E-state index in [2.05, 4.69) is 10.6 Å². The van der Waals surface area contributed by atoms with Crippen molar-refractivity contribution >= 4 is 5.78 Å². The zero-order chi connectivity index (χ0) is 24.7. The monoisotopic (exact) mass is 492 g/mol. The number of piperidine rings is 2. The molecule has 0 bridgehead atoms. The van der Waals surface area contributed by atoms with Crippen LogP contribution in [0.5, 0.6) is 17.2 Å². The van der Waals surface area contributed by atoms with E-state index in [1.165, 1.54) is 32.1 Å². The van der Waals surface area contributed by atoms with Crippen molar-refractivity contribution in [3.63, 3.8) is 0 Å². The van der Waals surface area contributed by atoms with Gasteiger partial charge in [-0.3, -0.25) is 4.79 Å². The first-order valence-electron chi connectivity index (χ1n) is 13.8. The molecule has 2 aromatic rings. The van der Waals surface area contributed by atoms with Crippen LogP contribution in [-0.4, -0.2) is 52.3 Å². The Morgan fingerprint density at radius 1 is 0.833 bits per heavy atom. The van der Waals surface area contributed by atoms with Crippen LogP contribution in [0.1, 0.15) is 67.3 Å². The Labute approximate surface area is 215 Å². The molecule has 2 fully saturated rings. The smallest absolute Gasteiger partial charge is 0.194 e. The number of carbonyl (C=O) groups is 1. The van der Waals surface area contributed by atoms with E-state index in [-0.39, 0.29) is 5.78 Å². The highest BCUT2D eigenvalue weighted by Crippen LogP contribution is 2.49. The summed E-state index contributed by atoms with van der Waals surface area (Å²) in [6.07, 6.45) is 9.48. The van der Waals surface area contributed by atoms with Crippen molar-refractivity contribution in [2.24, 2.45) is 11.8 Å². The molecule has 2 heterocycles. The van der Waals surface area contributed by atoms with E-state index < -0.39 is 0 Å². The third kappa shape index (κ3) is 5.70. The first-order valence-corrected chi connectivity index (χ1v) is 13.8. The summed E-state index contributed by atoms with van der Waals surface area (Å²) in [4.78, 5) is 13.4. The van der Waals surface area contributed by atoms with Crippen LogP contribution in [0.3, 0.4) is 0 Å². The predicted octanol–water partition coefficient (Wildman–Crippen LogP) is 5.22. The lowest BCUT2D eigenvalue weighted by Gasteiger charge is -2.22. The largest absolute Gasteiger partial charge is 0.496 e. The molecule has 6 heteroatoms. The molecule has 2 unspecified atom stereocenters. The summed E-state index contributed by atoms with van der Waals surface area (Å²) in [5.41, 5.74) is 3.00. The molecule has 2 N–H and O–H groups in total. The fraction of sp³-hybridized carbons (Fsp3) is 0.567. The van der Waals surface area contributed by atoms with Gasteiger partial charge in [0.2, 0.25) is 0 Å². The van der Waals surface area contributed by atoms with Gasteiger partial charge in [0.05, 0.1) is 20.3 Å². The number of ether oxygens (including phenoxy) is 3. The molecule has 3 aliphatic rings. The van der Waals surface area contributed by atoms with E-state index in [0.29, 0.717) is 35.8 Å².